The Morgan fingerprint density at radius 2 is 1.50 bits per heavy atom. The third kappa shape index (κ3) is 4.91. The molecule has 1 fully saturated rings. The molecule has 2 heterocycles. The lowest BCUT2D eigenvalue weighted by Crippen LogP contribution is -2.51. The summed E-state index contributed by atoms with van der Waals surface area (Å²) in [7, 11) is 0. The van der Waals surface area contributed by atoms with Gasteiger partial charge in [-0.3, -0.25) is 0 Å². The van der Waals surface area contributed by atoms with E-state index in [0.717, 1.165) is 42.0 Å². The first-order valence-corrected chi connectivity index (χ1v) is 10.5. The van der Waals surface area contributed by atoms with Gasteiger partial charge in [-0.1, -0.05) is 20.8 Å². The van der Waals surface area contributed by atoms with Gasteiger partial charge >= 0.3 is 12.1 Å². The summed E-state index contributed by atoms with van der Waals surface area (Å²) >= 11 is 0. The third-order valence-corrected chi connectivity index (χ3v) is 5.84. The second-order valence-corrected chi connectivity index (χ2v) is 10.0. The molecule has 2 unspecified atom stereocenters. The van der Waals surface area contributed by atoms with Crippen LogP contribution in [0.4, 0.5) is 9.59 Å². The Bertz CT molecular complexity index is 957. The van der Waals surface area contributed by atoms with Gasteiger partial charge in [0.15, 0.2) is 0 Å². The van der Waals surface area contributed by atoms with Crippen LogP contribution in [0, 0.1) is 38.5 Å². The molecule has 1 aliphatic carbocycles. The molecule has 0 saturated heterocycles. The highest BCUT2D eigenvalue weighted by molar-refractivity contribution is 5.77. The second kappa shape index (κ2) is 7.89. The third-order valence-electron chi connectivity index (χ3n) is 5.84. The van der Waals surface area contributed by atoms with E-state index in [4.69, 9.17) is 0 Å². The van der Waals surface area contributed by atoms with Crippen molar-refractivity contribution in [1.29, 1.82) is 0 Å². The number of carbonyl (C=O) groups is 2. The molecule has 3 rings (SSSR count). The standard InChI is InChI=1S/C22H34N6O2/c1-14-8-16(3)27(25-14)19(29)23-13-22(7)11-18(10-21(5,6)12-22)24-20(30)28-17(4)9-15(2)26-28/h8-9,18H,10-13H2,1-7H3,(H,23,29)(H,24,30). The fourth-order valence-corrected chi connectivity index (χ4v) is 5.14. The van der Waals surface area contributed by atoms with Crippen LogP contribution in [0.1, 0.15) is 62.8 Å². The first kappa shape index (κ1) is 22.1. The van der Waals surface area contributed by atoms with Crippen molar-refractivity contribution >= 4 is 12.1 Å². The Kier molecular flexibility index (Phi) is 5.80. The average molecular weight is 415 g/mol. The van der Waals surface area contributed by atoms with Crippen molar-refractivity contribution in [2.45, 2.75) is 73.8 Å². The van der Waals surface area contributed by atoms with Gasteiger partial charge in [0.05, 0.1) is 11.4 Å². The molecule has 1 saturated carbocycles. The normalized spacial score (nSPS) is 23.2. The minimum Gasteiger partial charge on any atom is -0.336 e. The van der Waals surface area contributed by atoms with Crippen LogP contribution in [0.25, 0.3) is 0 Å². The van der Waals surface area contributed by atoms with Gasteiger partial charge in [0.2, 0.25) is 0 Å². The molecule has 1 aliphatic rings. The van der Waals surface area contributed by atoms with E-state index in [0.29, 0.717) is 6.54 Å². The number of aryl methyl sites for hydroxylation is 4. The van der Waals surface area contributed by atoms with Crippen molar-refractivity contribution in [2.75, 3.05) is 6.54 Å². The zero-order valence-corrected chi connectivity index (χ0v) is 19.2. The molecule has 2 N–H and O–H groups in total. The fourth-order valence-electron chi connectivity index (χ4n) is 5.14. The molecule has 2 amide bonds. The number of aromatic nitrogens is 4. The van der Waals surface area contributed by atoms with E-state index in [1.165, 1.54) is 9.36 Å². The zero-order valence-electron chi connectivity index (χ0n) is 19.2. The van der Waals surface area contributed by atoms with Crippen molar-refractivity contribution in [2.24, 2.45) is 10.8 Å². The predicted octanol–water partition coefficient (Wildman–Crippen LogP) is 3.71. The maximum Gasteiger partial charge on any atom is 0.342 e. The summed E-state index contributed by atoms with van der Waals surface area (Å²) in [5, 5.41) is 14.8. The molecule has 0 spiro atoms. The summed E-state index contributed by atoms with van der Waals surface area (Å²) in [5.41, 5.74) is 3.18. The van der Waals surface area contributed by atoms with Crippen molar-refractivity contribution < 1.29 is 9.59 Å². The number of hydrogen-bond acceptors (Lipinski definition) is 4. The minimum atomic E-state index is -0.214. The molecule has 2 aromatic heterocycles. The molecular formula is C22H34N6O2. The monoisotopic (exact) mass is 414 g/mol. The maximum atomic E-state index is 12.8. The SMILES string of the molecule is Cc1cc(C)n(C(=O)NCC2(C)CC(NC(=O)n3nc(C)cc3C)CC(C)(C)C2)n1. The van der Waals surface area contributed by atoms with Crippen molar-refractivity contribution in [3.63, 3.8) is 0 Å². The fraction of sp³-hybridized carbons (Fsp3) is 0.636. The zero-order chi connectivity index (χ0) is 22.3. The highest BCUT2D eigenvalue weighted by Crippen LogP contribution is 2.45. The summed E-state index contributed by atoms with van der Waals surface area (Å²) in [6, 6.07) is 3.38. The molecule has 0 radical (unpaired) electrons. The molecule has 0 aromatic carbocycles. The van der Waals surface area contributed by atoms with E-state index in [1.807, 2.05) is 39.8 Å². The number of nitrogens with one attached hydrogen (secondary N) is 2. The van der Waals surface area contributed by atoms with Crippen LogP contribution < -0.4 is 10.6 Å². The molecule has 8 heteroatoms. The molecule has 8 nitrogen and oxygen atoms in total. The van der Waals surface area contributed by atoms with Crippen LogP contribution in [0.15, 0.2) is 12.1 Å². The maximum absolute atomic E-state index is 12.8. The van der Waals surface area contributed by atoms with Crippen molar-refractivity contribution in [1.82, 2.24) is 30.2 Å². The molecule has 2 atom stereocenters. The lowest BCUT2D eigenvalue weighted by atomic mass is 9.62. The summed E-state index contributed by atoms with van der Waals surface area (Å²) in [6.07, 6.45) is 2.64. The predicted molar refractivity (Wildman–Crippen MR) is 116 cm³/mol. The Hall–Kier alpha value is -2.64. The molecule has 0 aliphatic heterocycles. The highest BCUT2D eigenvalue weighted by Gasteiger charge is 2.42. The van der Waals surface area contributed by atoms with Crippen molar-refractivity contribution in [3.05, 3.63) is 34.9 Å². The van der Waals surface area contributed by atoms with E-state index in [1.54, 1.807) is 0 Å². The van der Waals surface area contributed by atoms with E-state index in [9.17, 15) is 9.59 Å². The number of hydrogen-bond donors (Lipinski definition) is 2. The summed E-state index contributed by atoms with van der Waals surface area (Å²) in [5.74, 6) is 0. The number of rotatable bonds is 3. The Morgan fingerprint density at radius 1 is 0.967 bits per heavy atom. The Labute approximate surface area is 178 Å². The molecule has 164 valence electrons. The number of carbonyl (C=O) groups excluding carboxylic acids is 2. The van der Waals surface area contributed by atoms with Crippen LogP contribution in [-0.2, 0) is 0 Å². The quantitative estimate of drug-likeness (QED) is 0.800. The molecular weight excluding hydrogens is 380 g/mol. The molecule has 2 aromatic rings. The van der Waals surface area contributed by atoms with E-state index in [2.05, 4.69) is 41.6 Å². The Morgan fingerprint density at radius 3 is 2.00 bits per heavy atom. The smallest absolute Gasteiger partial charge is 0.336 e. The van der Waals surface area contributed by atoms with Crippen LogP contribution in [-0.4, -0.2) is 44.2 Å². The van der Waals surface area contributed by atoms with Gasteiger partial charge in [0, 0.05) is 24.0 Å². The average Bonchev–Trinajstić information content (AvgIpc) is 3.11. The first-order chi connectivity index (χ1) is 13.9. The number of amides is 2. The minimum absolute atomic E-state index is 0.0146. The van der Waals surface area contributed by atoms with Crippen molar-refractivity contribution in [3.8, 4) is 0 Å². The van der Waals surface area contributed by atoms with Gasteiger partial charge in [-0.05, 0) is 69.9 Å². The van der Waals surface area contributed by atoms with Gasteiger partial charge < -0.3 is 10.6 Å². The van der Waals surface area contributed by atoms with Gasteiger partial charge in [0.1, 0.15) is 0 Å². The summed E-state index contributed by atoms with van der Waals surface area (Å²) in [6.45, 7) is 14.6. The van der Waals surface area contributed by atoms with Crippen LogP contribution in [0.5, 0.6) is 0 Å². The van der Waals surface area contributed by atoms with E-state index >= 15 is 0 Å². The van der Waals surface area contributed by atoms with Crippen LogP contribution >= 0.6 is 0 Å². The molecule has 30 heavy (non-hydrogen) atoms. The van der Waals surface area contributed by atoms with Crippen LogP contribution in [0.3, 0.4) is 0 Å². The lowest BCUT2D eigenvalue weighted by Gasteiger charge is -2.46. The summed E-state index contributed by atoms with van der Waals surface area (Å²) < 4.78 is 2.84. The van der Waals surface area contributed by atoms with E-state index < -0.39 is 0 Å². The van der Waals surface area contributed by atoms with Crippen LogP contribution in [0.2, 0.25) is 0 Å². The Balaban J connectivity index is 1.68. The number of nitrogens with zero attached hydrogens (tertiary/aromatic N) is 4. The van der Waals surface area contributed by atoms with Gasteiger partial charge in [-0.2, -0.15) is 19.6 Å². The van der Waals surface area contributed by atoms with Gasteiger partial charge in [-0.25, -0.2) is 9.59 Å². The van der Waals surface area contributed by atoms with Gasteiger partial charge in [-0.15, -0.1) is 0 Å². The topological polar surface area (TPSA) is 93.8 Å². The van der Waals surface area contributed by atoms with E-state index in [-0.39, 0.29) is 28.9 Å². The summed E-state index contributed by atoms with van der Waals surface area (Å²) in [4.78, 5) is 25.4. The molecule has 0 bridgehead atoms. The highest BCUT2D eigenvalue weighted by atomic mass is 16.2. The second-order valence-electron chi connectivity index (χ2n) is 10.0. The first-order valence-electron chi connectivity index (χ1n) is 10.5. The van der Waals surface area contributed by atoms with Gasteiger partial charge in [0.25, 0.3) is 0 Å². The lowest BCUT2D eigenvalue weighted by molar-refractivity contribution is 0.0747. The largest absolute Gasteiger partial charge is 0.342 e.